The zero-order valence-electron chi connectivity index (χ0n) is 21.7. The van der Waals surface area contributed by atoms with Crippen LogP contribution in [0.4, 0.5) is 4.79 Å². The Morgan fingerprint density at radius 2 is 1.70 bits per heavy atom. The molecule has 0 bridgehead atoms. The highest BCUT2D eigenvalue weighted by molar-refractivity contribution is 6.62. The van der Waals surface area contributed by atoms with Crippen molar-refractivity contribution < 1.29 is 18.8 Å². The molecule has 2 saturated heterocycles. The van der Waals surface area contributed by atoms with Crippen molar-refractivity contribution in [2.24, 2.45) is 4.99 Å². The molecule has 1 atom stereocenters. The number of allylic oxidation sites excluding steroid dienone is 1. The molecule has 33 heavy (non-hydrogen) atoms. The molecular formula is C26H39BN2O4. The molecule has 0 radical (unpaired) electrons. The van der Waals surface area contributed by atoms with Gasteiger partial charge in [-0.05, 0) is 91.8 Å². The molecule has 3 rings (SSSR count). The van der Waals surface area contributed by atoms with Crippen LogP contribution in [0.3, 0.4) is 0 Å². The van der Waals surface area contributed by atoms with Crippen LogP contribution in [0, 0.1) is 0 Å². The maximum atomic E-state index is 12.6. The average Bonchev–Trinajstić information content (AvgIpc) is 3.27. The molecule has 7 heteroatoms. The maximum Gasteiger partial charge on any atom is 0.494 e. The van der Waals surface area contributed by atoms with Gasteiger partial charge in [-0.3, -0.25) is 9.89 Å². The fourth-order valence-electron chi connectivity index (χ4n) is 3.98. The summed E-state index contributed by atoms with van der Waals surface area (Å²) in [5.41, 5.74) is 2.85. The molecule has 180 valence electrons. The van der Waals surface area contributed by atoms with Gasteiger partial charge in [0, 0.05) is 18.5 Å². The van der Waals surface area contributed by atoms with E-state index in [4.69, 9.17) is 19.0 Å². The van der Waals surface area contributed by atoms with Crippen LogP contribution < -0.4 is 5.46 Å². The fourth-order valence-corrected chi connectivity index (χ4v) is 3.98. The molecule has 0 spiro atoms. The largest absolute Gasteiger partial charge is 0.494 e. The number of amides is 1. The van der Waals surface area contributed by atoms with Gasteiger partial charge in [-0.1, -0.05) is 24.3 Å². The van der Waals surface area contributed by atoms with Crippen LogP contribution in [0.15, 0.2) is 35.5 Å². The number of ether oxygens (including phenoxy) is 1. The van der Waals surface area contributed by atoms with Crippen LogP contribution in [0.2, 0.25) is 0 Å². The van der Waals surface area contributed by atoms with Crippen molar-refractivity contribution in [2.75, 3.05) is 6.54 Å². The molecule has 0 saturated carbocycles. The first-order valence-corrected chi connectivity index (χ1v) is 11.9. The van der Waals surface area contributed by atoms with Gasteiger partial charge in [0.2, 0.25) is 0 Å². The first-order chi connectivity index (χ1) is 15.2. The van der Waals surface area contributed by atoms with Crippen molar-refractivity contribution >= 4 is 30.0 Å². The zero-order chi connectivity index (χ0) is 24.6. The maximum absolute atomic E-state index is 12.6. The molecule has 6 nitrogen and oxygen atoms in total. The standard InChI is InChI=1S/C26H39BN2O4/c1-18(17-28-19(2)22-11-10-16-29(22)23(30)31-24(3,4)5)20-12-14-21(15-13-20)27-32-25(6,7)26(8,9)33-27/h12-15,17,22H,10-11,16H2,1-9H3/b18-17+,28-19+/t22-/m0/s1. The van der Waals surface area contributed by atoms with E-state index in [9.17, 15) is 4.79 Å². The normalized spacial score (nSPS) is 23.2. The lowest BCUT2D eigenvalue weighted by Gasteiger charge is -2.32. The van der Waals surface area contributed by atoms with Gasteiger partial charge in [0.05, 0.1) is 17.2 Å². The Kier molecular flexibility index (Phi) is 7.16. The molecule has 2 aliphatic heterocycles. The van der Waals surface area contributed by atoms with Gasteiger partial charge >= 0.3 is 13.2 Å². The second kappa shape index (κ2) is 9.26. The minimum Gasteiger partial charge on any atom is -0.444 e. The first kappa shape index (κ1) is 25.5. The van der Waals surface area contributed by atoms with E-state index in [-0.39, 0.29) is 30.5 Å². The number of hydrogen-bond donors (Lipinski definition) is 0. The summed E-state index contributed by atoms with van der Waals surface area (Å²) in [4.78, 5) is 19.1. The lowest BCUT2D eigenvalue weighted by atomic mass is 9.78. The summed E-state index contributed by atoms with van der Waals surface area (Å²) in [6, 6.07) is 8.22. The Morgan fingerprint density at radius 1 is 1.12 bits per heavy atom. The Morgan fingerprint density at radius 3 is 2.24 bits per heavy atom. The highest BCUT2D eigenvalue weighted by atomic mass is 16.7. The number of aliphatic imine (C=N–C) groups is 1. The minimum atomic E-state index is -0.502. The summed E-state index contributed by atoms with van der Waals surface area (Å²) < 4.78 is 17.9. The molecule has 1 aromatic carbocycles. The van der Waals surface area contributed by atoms with Crippen LogP contribution in [-0.2, 0) is 14.0 Å². The van der Waals surface area contributed by atoms with Gasteiger partial charge in [-0.15, -0.1) is 0 Å². The Hall–Kier alpha value is -2.12. The summed E-state index contributed by atoms with van der Waals surface area (Å²) in [6.07, 6.45) is 3.48. The molecular weight excluding hydrogens is 415 g/mol. The van der Waals surface area contributed by atoms with E-state index in [1.165, 1.54) is 0 Å². The second-order valence-corrected chi connectivity index (χ2v) is 11.1. The quantitative estimate of drug-likeness (QED) is 0.463. The Labute approximate surface area is 199 Å². The number of hydrogen-bond acceptors (Lipinski definition) is 5. The summed E-state index contributed by atoms with van der Waals surface area (Å²) in [5.74, 6) is 0. The molecule has 2 fully saturated rings. The number of carbonyl (C=O) groups excluding carboxylic acids is 1. The number of likely N-dealkylation sites (tertiary alicyclic amines) is 1. The lowest BCUT2D eigenvalue weighted by molar-refractivity contribution is 0.00578. The number of carbonyl (C=O) groups is 1. The highest BCUT2D eigenvalue weighted by Gasteiger charge is 2.51. The Bertz CT molecular complexity index is 913. The van der Waals surface area contributed by atoms with Gasteiger partial charge in [0.25, 0.3) is 0 Å². The number of rotatable bonds is 4. The van der Waals surface area contributed by atoms with Gasteiger partial charge < -0.3 is 14.0 Å². The minimum absolute atomic E-state index is 0.0188. The van der Waals surface area contributed by atoms with Crippen LogP contribution in [0.5, 0.6) is 0 Å². The van der Waals surface area contributed by atoms with E-state index >= 15 is 0 Å². The van der Waals surface area contributed by atoms with Gasteiger partial charge in [-0.2, -0.15) is 0 Å². The van der Waals surface area contributed by atoms with E-state index in [1.54, 1.807) is 4.90 Å². The number of nitrogens with zero attached hydrogens (tertiary/aromatic N) is 2. The van der Waals surface area contributed by atoms with E-state index in [1.807, 2.05) is 53.0 Å². The van der Waals surface area contributed by atoms with E-state index in [0.29, 0.717) is 6.54 Å². The van der Waals surface area contributed by atoms with Gasteiger partial charge in [0.1, 0.15) is 5.60 Å². The van der Waals surface area contributed by atoms with Crippen molar-refractivity contribution in [1.29, 1.82) is 0 Å². The van der Waals surface area contributed by atoms with Crippen LogP contribution in [-0.4, -0.2) is 53.2 Å². The molecule has 2 heterocycles. The summed E-state index contributed by atoms with van der Waals surface area (Å²) in [5, 5.41) is 0. The van der Waals surface area contributed by atoms with Crippen molar-refractivity contribution in [2.45, 2.75) is 98.0 Å². The molecule has 1 amide bonds. The van der Waals surface area contributed by atoms with E-state index < -0.39 is 5.60 Å². The van der Waals surface area contributed by atoms with Crippen LogP contribution in [0.25, 0.3) is 5.57 Å². The second-order valence-electron chi connectivity index (χ2n) is 11.1. The first-order valence-electron chi connectivity index (χ1n) is 11.9. The molecule has 0 aliphatic carbocycles. The summed E-state index contributed by atoms with van der Waals surface area (Å²) in [6.45, 7) is 18.6. The zero-order valence-corrected chi connectivity index (χ0v) is 21.7. The third kappa shape index (κ3) is 5.88. The third-order valence-corrected chi connectivity index (χ3v) is 6.72. The summed E-state index contributed by atoms with van der Waals surface area (Å²) in [7, 11) is -0.366. The molecule has 0 aromatic heterocycles. The van der Waals surface area contributed by atoms with Gasteiger partial charge in [0.15, 0.2) is 0 Å². The van der Waals surface area contributed by atoms with Gasteiger partial charge in [-0.25, -0.2) is 4.79 Å². The van der Waals surface area contributed by atoms with E-state index in [0.717, 1.165) is 35.2 Å². The SMILES string of the molecule is C/C(=C\N=C(/C)[C@@H]1CCCN1C(=O)OC(C)(C)C)c1ccc(B2OC(C)(C)C(C)(C)O2)cc1. The predicted octanol–water partition coefficient (Wildman–Crippen LogP) is 5.21. The monoisotopic (exact) mass is 454 g/mol. The predicted molar refractivity (Wildman–Crippen MR) is 135 cm³/mol. The topological polar surface area (TPSA) is 60.4 Å². The van der Waals surface area contributed by atoms with E-state index in [2.05, 4.69) is 39.8 Å². The van der Waals surface area contributed by atoms with Crippen molar-refractivity contribution in [1.82, 2.24) is 4.90 Å². The van der Waals surface area contributed by atoms with Crippen molar-refractivity contribution in [3.05, 3.63) is 36.0 Å². The molecule has 2 aliphatic rings. The van der Waals surface area contributed by atoms with Crippen LogP contribution >= 0.6 is 0 Å². The molecule has 1 aromatic rings. The highest BCUT2D eigenvalue weighted by Crippen LogP contribution is 2.36. The van der Waals surface area contributed by atoms with Crippen molar-refractivity contribution in [3.63, 3.8) is 0 Å². The van der Waals surface area contributed by atoms with Crippen molar-refractivity contribution in [3.8, 4) is 0 Å². The third-order valence-electron chi connectivity index (χ3n) is 6.72. The fraction of sp³-hybridized carbons (Fsp3) is 0.615. The van der Waals surface area contributed by atoms with Crippen LogP contribution in [0.1, 0.15) is 80.7 Å². The lowest BCUT2D eigenvalue weighted by Crippen LogP contribution is -2.42. The molecule has 0 unspecified atom stereocenters. The average molecular weight is 454 g/mol. The molecule has 0 N–H and O–H groups in total. The Balaban J connectivity index is 1.68. The smallest absolute Gasteiger partial charge is 0.444 e. The summed E-state index contributed by atoms with van der Waals surface area (Å²) >= 11 is 0. The number of benzene rings is 1.